The molecule has 160 valence electrons. The van der Waals surface area contributed by atoms with Crippen LogP contribution in [0.25, 0.3) is 10.8 Å². The molecule has 0 aliphatic carbocycles. The highest BCUT2D eigenvalue weighted by atomic mass is 16.4. The lowest BCUT2D eigenvalue weighted by Gasteiger charge is -2.14. The SMILES string of the molecule is O.O=C([O-])[C@H](O)[C@@H](O)C(=O)O.[NH3+][C@@H](c1ccccc1)c1c(O)ccc2ccccc12. The number of hydrogen-bond donors (Lipinski definition) is 5. The summed E-state index contributed by atoms with van der Waals surface area (Å²) < 4.78 is 0. The average molecular weight is 417 g/mol. The molecule has 0 aliphatic rings. The van der Waals surface area contributed by atoms with Crippen molar-refractivity contribution in [3.8, 4) is 5.75 Å². The largest absolute Gasteiger partial charge is 0.547 e. The highest BCUT2D eigenvalue weighted by molar-refractivity contribution is 5.88. The highest BCUT2D eigenvalue weighted by Gasteiger charge is 2.24. The van der Waals surface area contributed by atoms with Crippen LogP contribution in [0.15, 0.2) is 66.7 Å². The molecule has 0 aromatic heterocycles. The molecule has 9 N–H and O–H groups in total. The Hall–Kier alpha value is -3.50. The summed E-state index contributed by atoms with van der Waals surface area (Å²) in [5.74, 6) is -3.52. The molecule has 0 spiro atoms. The first kappa shape index (κ1) is 24.5. The molecular weight excluding hydrogens is 394 g/mol. The number of carbonyl (C=O) groups is 2. The summed E-state index contributed by atoms with van der Waals surface area (Å²) in [5.41, 5.74) is 6.23. The third-order valence-corrected chi connectivity index (χ3v) is 4.29. The van der Waals surface area contributed by atoms with Gasteiger partial charge in [-0.05, 0) is 16.8 Å². The van der Waals surface area contributed by atoms with E-state index >= 15 is 0 Å². The Kier molecular flexibility index (Phi) is 8.90. The standard InChI is InChI=1S/C17H15NO.C4H6O6.H2O/c18-17(13-7-2-1-3-8-13)16-14-9-5-4-6-12(14)10-11-15(16)19;5-1(3(7)8)2(6)4(9)10;/h1-11,17,19H,18H2;1-2,5-6H,(H,7,8)(H,9,10);1H2/t17-;1-,2-;/m01./s1. The van der Waals surface area contributed by atoms with Gasteiger partial charge in [-0.3, -0.25) is 0 Å². The number of phenolic OH excluding ortho intramolecular Hbond substituents is 1. The Labute approximate surface area is 171 Å². The number of carboxylic acid groups (broad SMARTS) is 2. The second kappa shape index (κ2) is 10.9. The van der Waals surface area contributed by atoms with Crippen LogP contribution in [0.2, 0.25) is 0 Å². The molecule has 30 heavy (non-hydrogen) atoms. The Morgan fingerprint density at radius 2 is 1.43 bits per heavy atom. The van der Waals surface area contributed by atoms with E-state index in [2.05, 4.69) is 11.8 Å². The minimum absolute atomic E-state index is 0. The summed E-state index contributed by atoms with van der Waals surface area (Å²) >= 11 is 0. The van der Waals surface area contributed by atoms with Crippen LogP contribution in [-0.4, -0.2) is 50.0 Å². The van der Waals surface area contributed by atoms with Crippen LogP contribution < -0.4 is 10.8 Å². The Morgan fingerprint density at radius 1 is 0.867 bits per heavy atom. The van der Waals surface area contributed by atoms with Crippen molar-refractivity contribution in [2.24, 2.45) is 0 Å². The normalized spacial score (nSPS) is 13.2. The van der Waals surface area contributed by atoms with E-state index in [4.69, 9.17) is 15.3 Å². The number of benzene rings is 3. The van der Waals surface area contributed by atoms with Gasteiger partial charge in [-0.25, -0.2) is 4.79 Å². The number of aliphatic carboxylic acids is 2. The van der Waals surface area contributed by atoms with E-state index in [9.17, 15) is 19.8 Å². The number of carboxylic acids is 2. The fourth-order valence-corrected chi connectivity index (χ4v) is 2.77. The van der Waals surface area contributed by atoms with Gasteiger partial charge in [-0.1, -0.05) is 60.7 Å². The van der Waals surface area contributed by atoms with Gasteiger partial charge < -0.3 is 41.5 Å². The lowest BCUT2D eigenvalue weighted by molar-refractivity contribution is -0.411. The first-order valence-corrected chi connectivity index (χ1v) is 8.62. The molecule has 9 heteroatoms. The van der Waals surface area contributed by atoms with E-state index in [-0.39, 0.29) is 11.5 Å². The topological polar surface area (TPSA) is 197 Å². The van der Waals surface area contributed by atoms with Crippen LogP contribution in [0.5, 0.6) is 5.75 Å². The van der Waals surface area contributed by atoms with Gasteiger partial charge in [0.25, 0.3) is 0 Å². The molecule has 0 aliphatic heterocycles. The molecule has 0 unspecified atom stereocenters. The molecule has 3 aromatic carbocycles. The first-order chi connectivity index (χ1) is 13.7. The van der Waals surface area contributed by atoms with Crippen LogP contribution in [0.3, 0.4) is 0 Å². The fraction of sp³-hybridized carbons (Fsp3) is 0.143. The quantitative estimate of drug-likeness (QED) is 0.336. The lowest BCUT2D eigenvalue weighted by atomic mass is 9.93. The lowest BCUT2D eigenvalue weighted by Crippen LogP contribution is -2.54. The van der Waals surface area contributed by atoms with Gasteiger partial charge >= 0.3 is 5.97 Å². The molecule has 9 nitrogen and oxygen atoms in total. The number of fused-ring (bicyclic) bond motifs is 1. The smallest absolute Gasteiger partial charge is 0.335 e. The number of aliphatic hydroxyl groups excluding tert-OH is 2. The molecule has 0 saturated heterocycles. The first-order valence-electron chi connectivity index (χ1n) is 8.62. The Morgan fingerprint density at radius 3 is 1.97 bits per heavy atom. The third kappa shape index (κ3) is 5.75. The number of carbonyl (C=O) groups excluding carboxylic acids is 1. The van der Waals surface area contributed by atoms with Gasteiger partial charge in [0.05, 0.1) is 11.5 Å². The van der Waals surface area contributed by atoms with Crippen LogP contribution in [0, 0.1) is 0 Å². The predicted molar refractivity (Wildman–Crippen MR) is 105 cm³/mol. The molecule has 0 saturated carbocycles. The number of aliphatic hydroxyl groups is 2. The van der Waals surface area contributed by atoms with Gasteiger partial charge in [0.15, 0.2) is 6.10 Å². The second-order valence-corrected chi connectivity index (χ2v) is 6.23. The molecule has 3 aromatic rings. The number of aromatic hydroxyl groups is 1. The van der Waals surface area contributed by atoms with Crippen molar-refractivity contribution in [2.45, 2.75) is 18.2 Å². The fourth-order valence-electron chi connectivity index (χ4n) is 2.77. The van der Waals surface area contributed by atoms with Crippen LogP contribution >= 0.6 is 0 Å². The van der Waals surface area contributed by atoms with Crippen LogP contribution in [0.4, 0.5) is 0 Å². The number of phenols is 1. The predicted octanol–water partition coefficient (Wildman–Crippen LogP) is -1.41. The van der Waals surface area contributed by atoms with Crippen molar-refractivity contribution >= 4 is 22.7 Å². The minimum atomic E-state index is -2.38. The van der Waals surface area contributed by atoms with Crippen molar-refractivity contribution in [2.75, 3.05) is 0 Å². The van der Waals surface area contributed by atoms with E-state index in [0.29, 0.717) is 5.75 Å². The zero-order valence-electron chi connectivity index (χ0n) is 15.8. The van der Waals surface area contributed by atoms with Gasteiger partial charge in [0.1, 0.15) is 17.9 Å². The van der Waals surface area contributed by atoms with E-state index in [1.54, 1.807) is 6.07 Å². The molecule has 3 rings (SSSR count). The molecule has 0 bridgehead atoms. The van der Waals surface area contributed by atoms with Crippen LogP contribution in [0.1, 0.15) is 17.2 Å². The van der Waals surface area contributed by atoms with E-state index < -0.39 is 24.1 Å². The molecule has 0 radical (unpaired) electrons. The number of quaternary nitrogens is 1. The van der Waals surface area contributed by atoms with Crippen molar-refractivity contribution in [1.82, 2.24) is 0 Å². The summed E-state index contributed by atoms with van der Waals surface area (Å²) in [6, 6.07) is 21.7. The summed E-state index contributed by atoms with van der Waals surface area (Å²) in [6.07, 6.45) is -4.71. The summed E-state index contributed by atoms with van der Waals surface area (Å²) in [6.45, 7) is 0. The zero-order chi connectivity index (χ0) is 21.6. The molecular formula is C21H23NO8. The van der Waals surface area contributed by atoms with E-state index in [0.717, 1.165) is 21.9 Å². The average Bonchev–Trinajstić information content (AvgIpc) is 2.73. The third-order valence-electron chi connectivity index (χ3n) is 4.29. The van der Waals surface area contributed by atoms with Gasteiger partial charge in [-0.15, -0.1) is 0 Å². The molecule has 0 heterocycles. The maximum absolute atomic E-state index is 10.2. The maximum atomic E-state index is 10.2. The summed E-state index contributed by atoms with van der Waals surface area (Å²) in [4.78, 5) is 19.4. The molecule has 0 amide bonds. The van der Waals surface area contributed by atoms with E-state index in [1.165, 1.54) is 0 Å². The molecule has 3 atom stereocenters. The highest BCUT2D eigenvalue weighted by Crippen LogP contribution is 2.33. The Bertz CT molecular complexity index is 975. The Balaban J connectivity index is 0.000000354. The van der Waals surface area contributed by atoms with Crippen molar-refractivity contribution in [1.29, 1.82) is 0 Å². The van der Waals surface area contributed by atoms with Crippen molar-refractivity contribution < 1.29 is 46.3 Å². The second-order valence-electron chi connectivity index (χ2n) is 6.23. The van der Waals surface area contributed by atoms with Gasteiger partial charge in [-0.2, -0.15) is 0 Å². The molecule has 0 fully saturated rings. The zero-order valence-corrected chi connectivity index (χ0v) is 15.8. The van der Waals surface area contributed by atoms with Gasteiger partial charge in [0.2, 0.25) is 0 Å². The van der Waals surface area contributed by atoms with E-state index in [1.807, 2.05) is 54.6 Å². The monoisotopic (exact) mass is 417 g/mol. The minimum Gasteiger partial charge on any atom is -0.547 e. The number of hydrogen-bond acceptors (Lipinski definition) is 6. The van der Waals surface area contributed by atoms with Crippen LogP contribution in [-0.2, 0) is 9.59 Å². The summed E-state index contributed by atoms with van der Waals surface area (Å²) in [5, 5.41) is 46.5. The number of rotatable bonds is 5. The summed E-state index contributed by atoms with van der Waals surface area (Å²) in [7, 11) is 0. The van der Waals surface area contributed by atoms with Gasteiger partial charge in [0, 0.05) is 5.56 Å². The maximum Gasteiger partial charge on any atom is 0.335 e. The van der Waals surface area contributed by atoms with Crippen molar-refractivity contribution in [3.63, 3.8) is 0 Å². The van der Waals surface area contributed by atoms with Crippen molar-refractivity contribution in [3.05, 3.63) is 77.9 Å².